The normalized spacial score (nSPS) is 11.8. The van der Waals surface area contributed by atoms with Crippen LogP contribution in [0.2, 0.25) is 0 Å². The minimum atomic E-state index is -0.637. The number of nitrogens with zero attached hydrogens (tertiary/aromatic N) is 2. The summed E-state index contributed by atoms with van der Waals surface area (Å²) in [5.41, 5.74) is -0.637. The Morgan fingerprint density at radius 2 is 2.00 bits per heavy atom. The third-order valence-corrected chi connectivity index (χ3v) is 2.72. The van der Waals surface area contributed by atoms with Crippen molar-refractivity contribution in [2.24, 2.45) is 0 Å². The van der Waals surface area contributed by atoms with Gasteiger partial charge in [0, 0.05) is 18.5 Å². The van der Waals surface area contributed by atoms with Crippen molar-refractivity contribution in [3.63, 3.8) is 0 Å². The van der Waals surface area contributed by atoms with Crippen LogP contribution >= 0.6 is 0 Å². The fourth-order valence-corrected chi connectivity index (χ4v) is 1.73. The molecule has 0 fully saturated rings. The summed E-state index contributed by atoms with van der Waals surface area (Å²) in [6, 6.07) is 5.39. The largest absolute Gasteiger partial charge is 0.462 e. The molecule has 0 aliphatic heterocycles. The number of hydrogen-bond donors (Lipinski definition) is 1. The third kappa shape index (κ3) is 3.54. The zero-order chi connectivity index (χ0) is 14.6. The van der Waals surface area contributed by atoms with Crippen LogP contribution in [0.15, 0.2) is 41.1 Å². The highest BCUT2D eigenvalue weighted by molar-refractivity contribution is 5.91. The van der Waals surface area contributed by atoms with Crippen molar-refractivity contribution >= 4 is 12.0 Å². The highest BCUT2D eigenvalue weighted by Crippen LogP contribution is 2.14. The first kappa shape index (κ1) is 14.0. The second-order valence-corrected chi connectivity index (χ2v) is 4.97. The minimum absolute atomic E-state index is 0.225. The molecule has 0 spiro atoms. The van der Waals surface area contributed by atoms with Crippen LogP contribution in [-0.4, -0.2) is 15.9 Å². The Labute approximate surface area is 117 Å². The van der Waals surface area contributed by atoms with Crippen molar-refractivity contribution in [2.45, 2.75) is 26.3 Å². The highest BCUT2D eigenvalue weighted by Gasteiger charge is 2.24. The Kier molecular flexibility index (Phi) is 3.98. The lowest BCUT2D eigenvalue weighted by molar-refractivity contribution is -0.118. The Bertz CT molecular complexity index is 615. The molecule has 0 saturated carbocycles. The maximum atomic E-state index is 11.9. The van der Waals surface area contributed by atoms with Gasteiger partial charge in [-0.15, -0.1) is 0 Å². The number of aryl methyl sites for hydroxylation is 1. The second-order valence-electron chi connectivity index (χ2n) is 4.97. The van der Waals surface area contributed by atoms with E-state index in [4.69, 9.17) is 4.42 Å². The summed E-state index contributed by atoms with van der Waals surface area (Å²) in [5, 5.41) is 2.86. The van der Waals surface area contributed by atoms with Gasteiger partial charge in [0.05, 0.1) is 5.54 Å². The zero-order valence-corrected chi connectivity index (χ0v) is 11.8. The summed E-state index contributed by atoms with van der Waals surface area (Å²) in [5.74, 6) is 1.79. The van der Waals surface area contributed by atoms with Crippen molar-refractivity contribution in [2.75, 3.05) is 0 Å². The van der Waals surface area contributed by atoms with Gasteiger partial charge in [0.25, 0.3) is 0 Å². The summed E-state index contributed by atoms with van der Waals surface area (Å²) in [6.07, 6.45) is 6.36. The number of hydrogen-bond acceptors (Lipinski definition) is 4. The molecule has 1 amide bonds. The average molecular weight is 271 g/mol. The first-order chi connectivity index (χ1) is 9.47. The van der Waals surface area contributed by atoms with E-state index in [-0.39, 0.29) is 5.91 Å². The van der Waals surface area contributed by atoms with Crippen molar-refractivity contribution in [3.8, 4) is 0 Å². The molecule has 0 aromatic carbocycles. The Morgan fingerprint density at radius 1 is 1.30 bits per heavy atom. The lowest BCUT2D eigenvalue weighted by atomic mass is 10.0. The molecule has 5 nitrogen and oxygen atoms in total. The fourth-order valence-electron chi connectivity index (χ4n) is 1.73. The van der Waals surface area contributed by atoms with Gasteiger partial charge < -0.3 is 9.73 Å². The van der Waals surface area contributed by atoms with Crippen LogP contribution in [0.5, 0.6) is 0 Å². The predicted octanol–water partition coefficient (Wildman–Crippen LogP) is 2.44. The van der Waals surface area contributed by atoms with Crippen LogP contribution in [0.3, 0.4) is 0 Å². The quantitative estimate of drug-likeness (QED) is 0.867. The highest BCUT2D eigenvalue weighted by atomic mass is 16.3. The molecule has 2 aromatic heterocycles. The molecule has 0 unspecified atom stereocenters. The molecule has 2 rings (SSSR count). The van der Waals surface area contributed by atoms with Gasteiger partial charge in [0.15, 0.2) is 5.82 Å². The molecule has 0 bridgehead atoms. The van der Waals surface area contributed by atoms with Crippen LogP contribution < -0.4 is 5.32 Å². The van der Waals surface area contributed by atoms with E-state index in [9.17, 15) is 4.79 Å². The molecule has 1 N–H and O–H groups in total. The molecule has 0 aliphatic carbocycles. The molecular formula is C15H17N3O2. The number of carbonyl (C=O) groups excluding carboxylic acids is 1. The molecule has 2 heterocycles. The molecule has 0 aliphatic rings. The number of amides is 1. The van der Waals surface area contributed by atoms with Crippen LogP contribution in [0, 0.1) is 6.92 Å². The van der Waals surface area contributed by atoms with Gasteiger partial charge in [-0.1, -0.05) is 0 Å². The summed E-state index contributed by atoms with van der Waals surface area (Å²) < 4.78 is 5.36. The topological polar surface area (TPSA) is 68.0 Å². The van der Waals surface area contributed by atoms with E-state index in [0.29, 0.717) is 11.6 Å². The van der Waals surface area contributed by atoms with E-state index >= 15 is 0 Å². The third-order valence-electron chi connectivity index (χ3n) is 2.72. The summed E-state index contributed by atoms with van der Waals surface area (Å²) in [4.78, 5) is 20.2. The monoisotopic (exact) mass is 271 g/mol. The lowest BCUT2D eigenvalue weighted by Gasteiger charge is -2.23. The second kappa shape index (κ2) is 5.69. The van der Waals surface area contributed by atoms with E-state index < -0.39 is 5.54 Å². The van der Waals surface area contributed by atoms with Crippen LogP contribution in [0.4, 0.5) is 0 Å². The smallest absolute Gasteiger partial charge is 0.244 e. The molecule has 0 atom stereocenters. The summed E-state index contributed by atoms with van der Waals surface area (Å²) >= 11 is 0. The van der Waals surface area contributed by atoms with Gasteiger partial charge >= 0.3 is 0 Å². The van der Waals surface area contributed by atoms with Crippen molar-refractivity contribution in [1.82, 2.24) is 15.3 Å². The van der Waals surface area contributed by atoms with Gasteiger partial charge in [-0.2, -0.15) is 0 Å². The molecular weight excluding hydrogens is 254 g/mol. The average Bonchev–Trinajstić information content (AvgIpc) is 2.83. The lowest BCUT2D eigenvalue weighted by Crippen LogP contribution is -2.41. The summed E-state index contributed by atoms with van der Waals surface area (Å²) in [7, 11) is 0. The first-order valence-electron chi connectivity index (χ1n) is 6.31. The number of furan rings is 1. The van der Waals surface area contributed by atoms with Crippen LogP contribution in [-0.2, 0) is 10.3 Å². The van der Waals surface area contributed by atoms with Gasteiger partial charge in [-0.25, -0.2) is 9.97 Å². The fraction of sp³-hybridized carbons (Fsp3) is 0.267. The standard InChI is InChI=1S/C15H17N3O2/c1-11-5-6-12(20-11)7-8-13(19)18-15(2,3)14-16-9-4-10-17-14/h4-10H,1-3H3,(H,18,19). The molecule has 0 saturated heterocycles. The van der Waals surface area contributed by atoms with Crippen molar-refractivity contribution < 1.29 is 9.21 Å². The van der Waals surface area contributed by atoms with Gasteiger partial charge in [-0.3, -0.25) is 4.79 Å². The SMILES string of the molecule is Cc1ccc(C=CC(=O)NC(C)(C)c2ncccn2)o1. The Balaban J connectivity index is 2.02. The van der Waals surface area contributed by atoms with E-state index in [2.05, 4.69) is 15.3 Å². The van der Waals surface area contributed by atoms with E-state index in [1.165, 1.54) is 6.08 Å². The number of carbonyl (C=O) groups is 1. The van der Waals surface area contributed by atoms with Gasteiger partial charge in [0.2, 0.25) is 5.91 Å². The van der Waals surface area contributed by atoms with Crippen LogP contribution in [0.25, 0.3) is 6.08 Å². The van der Waals surface area contributed by atoms with E-state index in [0.717, 1.165) is 5.76 Å². The summed E-state index contributed by atoms with van der Waals surface area (Å²) in [6.45, 7) is 5.56. The predicted molar refractivity (Wildman–Crippen MR) is 75.7 cm³/mol. The molecule has 2 aromatic rings. The maximum absolute atomic E-state index is 11.9. The molecule has 0 radical (unpaired) electrons. The molecule has 104 valence electrons. The van der Waals surface area contributed by atoms with E-state index in [1.54, 1.807) is 24.5 Å². The van der Waals surface area contributed by atoms with Crippen molar-refractivity contribution in [1.29, 1.82) is 0 Å². The van der Waals surface area contributed by atoms with E-state index in [1.807, 2.05) is 32.9 Å². The van der Waals surface area contributed by atoms with Crippen LogP contribution in [0.1, 0.15) is 31.2 Å². The first-order valence-corrected chi connectivity index (χ1v) is 6.31. The Hall–Kier alpha value is -2.43. The Morgan fingerprint density at radius 3 is 2.60 bits per heavy atom. The minimum Gasteiger partial charge on any atom is -0.462 e. The van der Waals surface area contributed by atoms with Gasteiger partial charge in [-0.05, 0) is 45.0 Å². The number of nitrogens with one attached hydrogen (secondary N) is 1. The van der Waals surface area contributed by atoms with Crippen molar-refractivity contribution in [3.05, 3.63) is 54.0 Å². The maximum Gasteiger partial charge on any atom is 0.244 e. The number of aromatic nitrogens is 2. The molecule has 5 heteroatoms. The van der Waals surface area contributed by atoms with Gasteiger partial charge in [0.1, 0.15) is 11.5 Å². The zero-order valence-electron chi connectivity index (χ0n) is 11.8. The molecule has 20 heavy (non-hydrogen) atoms. The number of rotatable bonds is 4.